The minimum Gasteiger partial charge on any atom is -0.494 e. The molecule has 158 valence electrons. The number of methoxy groups -OCH3 is 1. The number of anilines is 1. The van der Waals surface area contributed by atoms with Crippen LogP contribution in [0.1, 0.15) is 17.3 Å². The average Bonchev–Trinajstić information content (AvgIpc) is 2.78. The second-order valence-corrected chi connectivity index (χ2v) is 7.00. The summed E-state index contributed by atoms with van der Waals surface area (Å²) in [7, 11) is 1.39. The van der Waals surface area contributed by atoms with Crippen molar-refractivity contribution in [1.82, 2.24) is 9.80 Å². The largest absolute Gasteiger partial charge is 0.494 e. The Kier molecular flexibility index (Phi) is 6.63. The molecule has 1 heterocycles. The van der Waals surface area contributed by atoms with Crippen LogP contribution in [0, 0.1) is 10.1 Å². The number of nitrogens with one attached hydrogen (secondary N) is 1. The molecule has 2 amide bonds. The molecule has 0 aliphatic carbocycles. The van der Waals surface area contributed by atoms with Crippen molar-refractivity contribution in [3.05, 3.63) is 64.2 Å². The number of carbonyl (C=O) groups excluding carboxylic acids is 2. The van der Waals surface area contributed by atoms with Crippen LogP contribution in [0.4, 0.5) is 11.4 Å². The van der Waals surface area contributed by atoms with Crippen molar-refractivity contribution in [3.8, 4) is 5.75 Å². The maximum Gasteiger partial charge on any atom is 0.273 e. The molecule has 0 bridgehead atoms. The van der Waals surface area contributed by atoms with Crippen LogP contribution in [0.15, 0.2) is 48.5 Å². The van der Waals surface area contributed by atoms with Gasteiger partial charge in [-0.1, -0.05) is 18.2 Å². The maximum absolute atomic E-state index is 12.7. The number of ether oxygens (including phenoxy) is 1. The molecule has 1 fully saturated rings. The molecule has 0 unspecified atom stereocenters. The maximum atomic E-state index is 12.7. The Morgan fingerprint density at radius 2 is 1.77 bits per heavy atom. The molecule has 9 heteroatoms. The summed E-state index contributed by atoms with van der Waals surface area (Å²) in [5.74, 6) is -0.0315. The van der Waals surface area contributed by atoms with Gasteiger partial charge >= 0.3 is 0 Å². The molecule has 0 aromatic heterocycles. The molecule has 1 saturated heterocycles. The van der Waals surface area contributed by atoms with Crippen molar-refractivity contribution in [2.24, 2.45) is 0 Å². The van der Waals surface area contributed by atoms with E-state index in [1.807, 2.05) is 23.1 Å². The van der Waals surface area contributed by atoms with Crippen LogP contribution in [-0.4, -0.2) is 65.9 Å². The lowest BCUT2D eigenvalue weighted by molar-refractivity contribution is -0.384. The van der Waals surface area contributed by atoms with Gasteiger partial charge in [-0.25, -0.2) is 0 Å². The zero-order valence-corrected chi connectivity index (χ0v) is 16.9. The summed E-state index contributed by atoms with van der Waals surface area (Å²) in [5, 5.41) is 13.7. The molecule has 2 aromatic carbocycles. The van der Waals surface area contributed by atoms with Crippen LogP contribution < -0.4 is 10.1 Å². The van der Waals surface area contributed by atoms with E-state index in [0.717, 1.165) is 0 Å². The molecule has 1 aliphatic rings. The Hall–Kier alpha value is -3.46. The molecule has 1 aliphatic heterocycles. The van der Waals surface area contributed by atoms with Crippen molar-refractivity contribution in [2.45, 2.75) is 13.0 Å². The standard InChI is InChI=1S/C21H24N4O5/c1-15(20(26)22-18-9-8-17(25(28)29)14-19(18)30-2)23-10-12-24(13-11-23)21(27)16-6-4-3-5-7-16/h3-9,14-15H,10-13H2,1-2H3,(H,22,26)/t15-/m0/s1. The van der Waals surface area contributed by atoms with Crippen molar-refractivity contribution in [3.63, 3.8) is 0 Å². The van der Waals surface area contributed by atoms with Crippen molar-refractivity contribution in [2.75, 3.05) is 38.6 Å². The Balaban J connectivity index is 1.59. The number of nitro benzene ring substituents is 1. The molecular weight excluding hydrogens is 388 g/mol. The molecule has 30 heavy (non-hydrogen) atoms. The summed E-state index contributed by atoms with van der Waals surface area (Å²) in [5.41, 5.74) is 0.914. The van der Waals surface area contributed by atoms with Gasteiger partial charge in [0.05, 0.1) is 29.8 Å². The van der Waals surface area contributed by atoms with Gasteiger partial charge in [-0.15, -0.1) is 0 Å². The molecule has 1 atom stereocenters. The fourth-order valence-electron chi connectivity index (χ4n) is 3.38. The minimum atomic E-state index is -0.521. The van der Waals surface area contributed by atoms with Crippen LogP contribution in [0.25, 0.3) is 0 Å². The molecule has 1 N–H and O–H groups in total. The third-order valence-electron chi connectivity index (χ3n) is 5.20. The molecule has 3 rings (SSSR count). The van der Waals surface area contributed by atoms with E-state index in [9.17, 15) is 19.7 Å². The van der Waals surface area contributed by atoms with E-state index in [-0.39, 0.29) is 23.3 Å². The highest BCUT2D eigenvalue weighted by atomic mass is 16.6. The monoisotopic (exact) mass is 412 g/mol. The van der Waals surface area contributed by atoms with Crippen molar-refractivity contribution < 1.29 is 19.2 Å². The van der Waals surface area contributed by atoms with Crippen LogP contribution in [-0.2, 0) is 4.79 Å². The van der Waals surface area contributed by atoms with Crippen molar-refractivity contribution in [1.29, 1.82) is 0 Å². The summed E-state index contributed by atoms with van der Waals surface area (Å²) in [6, 6.07) is 12.7. The Morgan fingerprint density at radius 3 is 2.37 bits per heavy atom. The van der Waals surface area contributed by atoms with Crippen LogP contribution in [0.3, 0.4) is 0 Å². The third-order valence-corrected chi connectivity index (χ3v) is 5.20. The summed E-state index contributed by atoms with van der Waals surface area (Å²) in [6.45, 7) is 4.01. The molecular formula is C21H24N4O5. The van der Waals surface area contributed by atoms with E-state index < -0.39 is 11.0 Å². The zero-order chi connectivity index (χ0) is 21.7. The lowest BCUT2D eigenvalue weighted by atomic mass is 10.1. The van der Waals surface area contributed by atoms with E-state index in [1.54, 1.807) is 24.0 Å². The van der Waals surface area contributed by atoms with Gasteiger partial charge in [0.15, 0.2) is 0 Å². The zero-order valence-electron chi connectivity index (χ0n) is 16.9. The molecule has 0 saturated carbocycles. The van der Waals surface area contributed by atoms with Gasteiger partial charge in [0, 0.05) is 37.8 Å². The summed E-state index contributed by atoms with van der Waals surface area (Å²) < 4.78 is 5.17. The topological polar surface area (TPSA) is 105 Å². The predicted octanol–water partition coefficient (Wildman–Crippen LogP) is 2.39. The highest BCUT2D eigenvalue weighted by Crippen LogP contribution is 2.29. The smallest absolute Gasteiger partial charge is 0.273 e. The van der Waals surface area contributed by atoms with Gasteiger partial charge in [-0.05, 0) is 25.1 Å². The third kappa shape index (κ3) is 4.74. The number of hydrogen-bond acceptors (Lipinski definition) is 6. The number of nitro groups is 1. The fraction of sp³-hybridized carbons (Fsp3) is 0.333. The number of hydrogen-bond donors (Lipinski definition) is 1. The summed E-state index contributed by atoms with van der Waals surface area (Å²) in [4.78, 5) is 39.5. The highest BCUT2D eigenvalue weighted by Gasteiger charge is 2.28. The van der Waals surface area contributed by atoms with Crippen LogP contribution in [0.5, 0.6) is 5.75 Å². The van der Waals surface area contributed by atoms with E-state index in [4.69, 9.17) is 4.74 Å². The average molecular weight is 412 g/mol. The minimum absolute atomic E-state index is 0.0111. The quantitative estimate of drug-likeness (QED) is 0.577. The first kappa shape index (κ1) is 21.3. The van der Waals surface area contributed by atoms with E-state index >= 15 is 0 Å². The molecule has 2 aromatic rings. The van der Waals surface area contributed by atoms with Gasteiger partial charge in [-0.3, -0.25) is 24.6 Å². The number of piperazine rings is 1. The normalized spacial score (nSPS) is 15.3. The van der Waals surface area contributed by atoms with E-state index in [2.05, 4.69) is 5.32 Å². The Bertz CT molecular complexity index is 926. The number of benzene rings is 2. The Labute approximate surface area is 174 Å². The van der Waals surface area contributed by atoms with Crippen LogP contribution in [0.2, 0.25) is 0 Å². The van der Waals surface area contributed by atoms with Gasteiger partial charge in [-0.2, -0.15) is 0 Å². The predicted molar refractivity (Wildman–Crippen MR) is 112 cm³/mol. The highest BCUT2D eigenvalue weighted by molar-refractivity contribution is 5.96. The Morgan fingerprint density at radius 1 is 1.10 bits per heavy atom. The SMILES string of the molecule is COc1cc([N+](=O)[O-])ccc1NC(=O)[C@H](C)N1CCN(C(=O)c2ccccc2)CC1. The number of nitrogens with zero attached hydrogens (tertiary/aromatic N) is 3. The first-order valence-electron chi connectivity index (χ1n) is 9.62. The van der Waals surface area contributed by atoms with Crippen molar-refractivity contribution >= 4 is 23.2 Å². The van der Waals surface area contributed by atoms with Gasteiger partial charge in [0.1, 0.15) is 5.75 Å². The second kappa shape index (κ2) is 9.36. The van der Waals surface area contributed by atoms with Gasteiger partial charge < -0.3 is 15.0 Å². The molecule has 0 spiro atoms. The van der Waals surface area contributed by atoms with Gasteiger partial charge in [0.25, 0.3) is 11.6 Å². The number of non-ortho nitro benzene ring substituents is 1. The lowest BCUT2D eigenvalue weighted by Crippen LogP contribution is -2.54. The molecule has 0 radical (unpaired) electrons. The number of amides is 2. The summed E-state index contributed by atoms with van der Waals surface area (Å²) >= 11 is 0. The molecule has 9 nitrogen and oxygen atoms in total. The van der Waals surface area contributed by atoms with Crippen LogP contribution >= 0.6 is 0 Å². The lowest BCUT2D eigenvalue weighted by Gasteiger charge is -2.37. The number of rotatable bonds is 6. The fourth-order valence-corrected chi connectivity index (χ4v) is 3.38. The first-order valence-corrected chi connectivity index (χ1v) is 9.62. The van der Waals surface area contributed by atoms with Gasteiger partial charge in [0.2, 0.25) is 5.91 Å². The second-order valence-electron chi connectivity index (χ2n) is 7.00. The van der Waals surface area contributed by atoms with E-state index in [0.29, 0.717) is 37.4 Å². The van der Waals surface area contributed by atoms with E-state index in [1.165, 1.54) is 25.3 Å². The first-order chi connectivity index (χ1) is 14.4. The number of carbonyl (C=O) groups is 2. The summed E-state index contributed by atoms with van der Waals surface area (Å²) in [6.07, 6.45) is 0.